The number of nitrogens with one attached hydrogen (secondary N) is 1. The number of rotatable bonds is 3. The summed E-state index contributed by atoms with van der Waals surface area (Å²) in [7, 11) is 0. The molecular formula is C9H6Br2FNO3S. The normalized spacial score (nSPS) is 16.6. The summed E-state index contributed by atoms with van der Waals surface area (Å²) in [6, 6.07) is 0. The van der Waals surface area contributed by atoms with Crippen molar-refractivity contribution in [3.8, 4) is 0 Å². The second kappa shape index (κ2) is 4.33. The summed E-state index contributed by atoms with van der Waals surface area (Å²) < 4.78 is 14.2. The number of carboxylic acids is 1. The van der Waals surface area contributed by atoms with E-state index in [1.807, 2.05) is 0 Å². The number of carbonyl (C=O) groups is 2. The van der Waals surface area contributed by atoms with Gasteiger partial charge in [0.05, 0.1) is 8.26 Å². The smallest absolute Gasteiger partial charge is 0.329 e. The maximum Gasteiger partial charge on any atom is 0.329 e. The molecule has 0 aliphatic heterocycles. The molecule has 1 fully saturated rings. The number of aliphatic carboxylic acids is 1. The van der Waals surface area contributed by atoms with Gasteiger partial charge in [-0.1, -0.05) is 0 Å². The van der Waals surface area contributed by atoms with Crippen LogP contribution in [0, 0.1) is 5.82 Å². The van der Waals surface area contributed by atoms with Crippen LogP contribution in [-0.2, 0) is 4.79 Å². The van der Waals surface area contributed by atoms with E-state index in [2.05, 4.69) is 37.2 Å². The quantitative estimate of drug-likeness (QED) is 0.839. The lowest BCUT2D eigenvalue weighted by Crippen LogP contribution is -2.43. The Balaban J connectivity index is 2.21. The van der Waals surface area contributed by atoms with Crippen molar-refractivity contribution in [1.82, 2.24) is 5.32 Å². The van der Waals surface area contributed by atoms with E-state index in [-0.39, 0.29) is 9.35 Å². The molecular weight excluding hydrogens is 381 g/mol. The number of halogens is 3. The summed E-state index contributed by atoms with van der Waals surface area (Å²) in [5.74, 6) is -2.46. The molecule has 1 aromatic heterocycles. The molecule has 1 amide bonds. The van der Waals surface area contributed by atoms with E-state index in [1.54, 1.807) is 0 Å². The largest absolute Gasteiger partial charge is 0.480 e. The van der Waals surface area contributed by atoms with Crippen molar-refractivity contribution in [2.75, 3.05) is 0 Å². The first-order chi connectivity index (χ1) is 7.87. The van der Waals surface area contributed by atoms with Crippen LogP contribution in [0.15, 0.2) is 8.26 Å². The number of amides is 1. The minimum absolute atomic E-state index is 0.128. The van der Waals surface area contributed by atoms with Crippen LogP contribution in [0.1, 0.15) is 22.5 Å². The highest BCUT2D eigenvalue weighted by Crippen LogP contribution is 2.39. The van der Waals surface area contributed by atoms with E-state index >= 15 is 0 Å². The summed E-state index contributed by atoms with van der Waals surface area (Å²) in [6.07, 6.45) is 0.757. The van der Waals surface area contributed by atoms with E-state index in [0.717, 1.165) is 11.3 Å². The van der Waals surface area contributed by atoms with Gasteiger partial charge in [0.1, 0.15) is 10.4 Å². The Labute approximate surface area is 116 Å². The molecule has 0 bridgehead atoms. The predicted octanol–water partition coefficient (Wildman–Crippen LogP) is 2.76. The van der Waals surface area contributed by atoms with E-state index in [0.29, 0.717) is 16.6 Å². The van der Waals surface area contributed by atoms with Crippen LogP contribution in [0.4, 0.5) is 4.39 Å². The van der Waals surface area contributed by atoms with E-state index < -0.39 is 23.2 Å². The Morgan fingerprint density at radius 1 is 1.41 bits per heavy atom. The highest BCUT2D eigenvalue weighted by Gasteiger charge is 2.52. The highest BCUT2D eigenvalue weighted by molar-refractivity contribution is 9.13. The van der Waals surface area contributed by atoms with Crippen molar-refractivity contribution < 1.29 is 19.1 Å². The first kappa shape index (κ1) is 13.0. The first-order valence-corrected chi connectivity index (χ1v) is 6.97. The zero-order valence-electron chi connectivity index (χ0n) is 8.22. The number of carbonyl (C=O) groups excluding carboxylic acids is 1. The Morgan fingerprint density at radius 2 is 2.00 bits per heavy atom. The van der Waals surface area contributed by atoms with Crippen LogP contribution < -0.4 is 5.32 Å². The van der Waals surface area contributed by atoms with Crippen molar-refractivity contribution in [3.63, 3.8) is 0 Å². The fourth-order valence-electron chi connectivity index (χ4n) is 1.30. The highest BCUT2D eigenvalue weighted by atomic mass is 79.9. The lowest BCUT2D eigenvalue weighted by molar-refractivity contribution is -0.140. The standard InChI is InChI=1S/C9H6Br2FNO3S/c10-3-4(12)5(17-6(3)11)7(14)13-9(1-2-9)8(15)16/h1-2H2,(H,13,14)(H,15,16). The monoisotopic (exact) mass is 385 g/mol. The van der Waals surface area contributed by atoms with Crippen LogP contribution in [0.25, 0.3) is 0 Å². The summed E-state index contributed by atoms with van der Waals surface area (Å²) in [5.41, 5.74) is -1.20. The van der Waals surface area contributed by atoms with Gasteiger partial charge in [-0.2, -0.15) is 0 Å². The Kier molecular flexibility index (Phi) is 3.30. The zero-order valence-corrected chi connectivity index (χ0v) is 12.2. The lowest BCUT2D eigenvalue weighted by atomic mass is 10.2. The van der Waals surface area contributed by atoms with Crippen molar-refractivity contribution in [2.45, 2.75) is 18.4 Å². The Bertz CT molecular complexity index is 513. The number of thiophene rings is 1. The van der Waals surface area contributed by atoms with E-state index in [1.165, 1.54) is 0 Å². The van der Waals surface area contributed by atoms with Crippen LogP contribution >= 0.6 is 43.2 Å². The van der Waals surface area contributed by atoms with Gasteiger partial charge in [-0.15, -0.1) is 11.3 Å². The lowest BCUT2D eigenvalue weighted by Gasteiger charge is -2.11. The molecule has 2 rings (SSSR count). The van der Waals surface area contributed by atoms with Crippen LogP contribution in [0.2, 0.25) is 0 Å². The minimum Gasteiger partial charge on any atom is -0.480 e. The maximum atomic E-state index is 13.6. The van der Waals surface area contributed by atoms with Gasteiger partial charge < -0.3 is 10.4 Å². The van der Waals surface area contributed by atoms with Crippen molar-refractivity contribution in [1.29, 1.82) is 0 Å². The summed E-state index contributed by atoms with van der Waals surface area (Å²) in [4.78, 5) is 22.5. The van der Waals surface area contributed by atoms with Gasteiger partial charge >= 0.3 is 5.97 Å². The fraction of sp³-hybridized carbons (Fsp3) is 0.333. The summed E-state index contributed by atoms with van der Waals surface area (Å²) in [6.45, 7) is 0. The molecule has 0 atom stereocenters. The molecule has 0 unspecified atom stereocenters. The molecule has 4 nitrogen and oxygen atoms in total. The fourth-order valence-corrected chi connectivity index (χ4v) is 3.23. The third-order valence-electron chi connectivity index (χ3n) is 2.47. The number of hydrogen-bond acceptors (Lipinski definition) is 3. The van der Waals surface area contributed by atoms with Gasteiger partial charge in [0.15, 0.2) is 5.82 Å². The molecule has 1 saturated carbocycles. The van der Waals surface area contributed by atoms with Gasteiger partial charge in [-0.3, -0.25) is 4.79 Å². The average Bonchev–Trinajstić information content (AvgIpc) is 2.99. The zero-order chi connectivity index (χ0) is 12.8. The van der Waals surface area contributed by atoms with E-state index in [9.17, 15) is 14.0 Å². The van der Waals surface area contributed by atoms with Crippen LogP contribution in [-0.4, -0.2) is 22.5 Å². The summed E-state index contributed by atoms with van der Waals surface area (Å²) >= 11 is 7.00. The molecule has 17 heavy (non-hydrogen) atoms. The minimum atomic E-state index is -1.20. The topological polar surface area (TPSA) is 66.4 Å². The van der Waals surface area contributed by atoms with Crippen LogP contribution in [0.5, 0.6) is 0 Å². The number of hydrogen-bond donors (Lipinski definition) is 2. The molecule has 1 heterocycles. The Hall–Kier alpha value is -0.470. The molecule has 2 N–H and O–H groups in total. The molecule has 1 aliphatic carbocycles. The van der Waals surface area contributed by atoms with Gasteiger partial charge in [0, 0.05) is 0 Å². The molecule has 0 aromatic carbocycles. The predicted molar refractivity (Wildman–Crippen MR) is 66.7 cm³/mol. The molecule has 92 valence electrons. The molecule has 8 heteroatoms. The summed E-state index contributed by atoms with van der Waals surface area (Å²) in [5, 5.41) is 11.3. The second-order valence-electron chi connectivity index (χ2n) is 3.67. The van der Waals surface area contributed by atoms with Crippen molar-refractivity contribution in [3.05, 3.63) is 19.0 Å². The van der Waals surface area contributed by atoms with Crippen molar-refractivity contribution >= 4 is 55.1 Å². The molecule has 0 spiro atoms. The molecule has 0 saturated heterocycles. The third kappa shape index (κ3) is 2.25. The maximum absolute atomic E-state index is 13.6. The SMILES string of the molecule is O=C(NC1(C(=O)O)CC1)c1sc(Br)c(Br)c1F. The van der Waals surface area contributed by atoms with Gasteiger partial charge in [0.25, 0.3) is 5.91 Å². The first-order valence-electron chi connectivity index (χ1n) is 4.56. The average molecular weight is 387 g/mol. The van der Waals surface area contributed by atoms with E-state index in [4.69, 9.17) is 5.11 Å². The van der Waals surface area contributed by atoms with Crippen LogP contribution in [0.3, 0.4) is 0 Å². The molecule has 0 radical (unpaired) electrons. The molecule has 1 aromatic rings. The van der Waals surface area contributed by atoms with Gasteiger partial charge in [-0.25, -0.2) is 9.18 Å². The number of carboxylic acid groups (broad SMARTS) is 1. The van der Waals surface area contributed by atoms with Gasteiger partial charge in [0.2, 0.25) is 0 Å². The Morgan fingerprint density at radius 3 is 2.35 bits per heavy atom. The third-order valence-corrected chi connectivity index (χ3v) is 5.85. The second-order valence-corrected chi connectivity index (χ2v) is 6.81. The molecule has 1 aliphatic rings. The van der Waals surface area contributed by atoms with Crippen molar-refractivity contribution in [2.24, 2.45) is 0 Å². The van der Waals surface area contributed by atoms with Gasteiger partial charge in [-0.05, 0) is 44.7 Å².